The summed E-state index contributed by atoms with van der Waals surface area (Å²) in [6, 6.07) is 1.53. The summed E-state index contributed by atoms with van der Waals surface area (Å²) in [4.78, 5) is 30.9. The molecule has 1 aromatic carbocycles. The molecule has 2 aromatic heterocycles. The van der Waals surface area contributed by atoms with Crippen LogP contribution in [0.15, 0.2) is 28.0 Å². The molecule has 1 aliphatic rings. The Hall–Kier alpha value is -1.84. The van der Waals surface area contributed by atoms with Crippen LogP contribution in [0, 0.1) is 0 Å². The zero-order chi connectivity index (χ0) is 20.4. The third-order valence-electron chi connectivity index (χ3n) is 5.06. The van der Waals surface area contributed by atoms with Gasteiger partial charge in [-0.15, -0.1) is 12.4 Å². The van der Waals surface area contributed by atoms with Crippen LogP contribution in [-0.2, 0) is 17.7 Å². The molecular weight excluding hydrogens is 453 g/mol. The molecule has 30 heavy (non-hydrogen) atoms. The predicted octanol–water partition coefficient (Wildman–Crippen LogP) is 2.45. The summed E-state index contributed by atoms with van der Waals surface area (Å²) in [6.07, 6.45) is 5.77. The first kappa shape index (κ1) is 22.8. The Morgan fingerprint density at radius 2 is 1.87 bits per heavy atom. The highest BCUT2D eigenvalue weighted by Gasteiger charge is 2.15. The third kappa shape index (κ3) is 5.07. The monoisotopic (exact) mass is 473 g/mol. The normalized spacial score (nSPS) is 14.7. The number of ether oxygens (including phenoxy) is 1. The number of morpholine rings is 1. The standard InChI is InChI=1S/C19H21Cl2N5O3.ClH/c20-14-8-15-17(24-19(28)18(27)23-15)13(16(14)21)11-26-10-12(9-22-26)2-1-3-25-4-6-29-7-5-25;/h8-10H,1-7,11H2,(H,23,27)(H,24,28);1H. The summed E-state index contributed by atoms with van der Waals surface area (Å²) >= 11 is 12.6. The van der Waals surface area contributed by atoms with E-state index < -0.39 is 11.1 Å². The molecule has 0 amide bonds. The Morgan fingerprint density at radius 1 is 1.13 bits per heavy atom. The van der Waals surface area contributed by atoms with Crippen molar-refractivity contribution in [2.24, 2.45) is 0 Å². The summed E-state index contributed by atoms with van der Waals surface area (Å²) in [6.45, 7) is 4.94. The van der Waals surface area contributed by atoms with Crippen LogP contribution >= 0.6 is 35.6 Å². The van der Waals surface area contributed by atoms with E-state index in [4.69, 9.17) is 27.9 Å². The number of rotatable bonds is 6. The maximum atomic E-state index is 11.8. The minimum atomic E-state index is -0.735. The number of halogens is 3. The highest BCUT2D eigenvalue weighted by molar-refractivity contribution is 6.43. The van der Waals surface area contributed by atoms with Gasteiger partial charge in [0.15, 0.2) is 0 Å². The number of benzene rings is 1. The minimum Gasteiger partial charge on any atom is -0.379 e. The molecule has 2 N–H and O–H groups in total. The minimum absolute atomic E-state index is 0. The lowest BCUT2D eigenvalue weighted by Crippen LogP contribution is -2.36. The van der Waals surface area contributed by atoms with Crippen LogP contribution in [0.3, 0.4) is 0 Å². The van der Waals surface area contributed by atoms with Gasteiger partial charge in [0, 0.05) is 24.8 Å². The van der Waals surface area contributed by atoms with Crippen molar-refractivity contribution in [2.45, 2.75) is 19.4 Å². The van der Waals surface area contributed by atoms with E-state index in [-0.39, 0.29) is 12.4 Å². The summed E-state index contributed by atoms with van der Waals surface area (Å²) in [5, 5.41) is 5.04. The van der Waals surface area contributed by atoms with Crippen molar-refractivity contribution in [3.05, 3.63) is 60.3 Å². The zero-order valence-electron chi connectivity index (χ0n) is 16.1. The van der Waals surface area contributed by atoms with E-state index in [1.165, 1.54) is 6.07 Å². The van der Waals surface area contributed by atoms with E-state index in [0.29, 0.717) is 33.2 Å². The van der Waals surface area contributed by atoms with Gasteiger partial charge in [0.1, 0.15) is 0 Å². The molecule has 1 fully saturated rings. The highest BCUT2D eigenvalue weighted by atomic mass is 35.5. The molecule has 0 radical (unpaired) electrons. The smallest absolute Gasteiger partial charge is 0.314 e. The fourth-order valence-corrected chi connectivity index (χ4v) is 3.97. The van der Waals surface area contributed by atoms with Crippen molar-refractivity contribution in [3.8, 4) is 0 Å². The second kappa shape index (κ2) is 9.98. The third-order valence-corrected chi connectivity index (χ3v) is 5.89. The number of hydrogen-bond donors (Lipinski definition) is 2. The number of aryl methyl sites for hydroxylation is 1. The van der Waals surface area contributed by atoms with Gasteiger partial charge in [0.25, 0.3) is 0 Å². The second-order valence-electron chi connectivity index (χ2n) is 7.09. The van der Waals surface area contributed by atoms with E-state index in [1.54, 1.807) is 4.68 Å². The molecular formula is C19H22Cl3N5O3. The van der Waals surface area contributed by atoms with Gasteiger partial charge in [0.05, 0.1) is 47.0 Å². The van der Waals surface area contributed by atoms with Crippen LogP contribution in [0.5, 0.6) is 0 Å². The highest BCUT2D eigenvalue weighted by Crippen LogP contribution is 2.31. The summed E-state index contributed by atoms with van der Waals surface area (Å²) < 4.78 is 7.12. The van der Waals surface area contributed by atoms with Gasteiger partial charge in [-0.25, -0.2) is 0 Å². The summed E-state index contributed by atoms with van der Waals surface area (Å²) in [5.41, 5.74) is 1.14. The lowest BCUT2D eigenvalue weighted by molar-refractivity contribution is 0.0374. The second-order valence-corrected chi connectivity index (χ2v) is 7.87. The Bertz CT molecular complexity index is 1130. The molecule has 1 aliphatic heterocycles. The maximum Gasteiger partial charge on any atom is 0.314 e. The van der Waals surface area contributed by atoms with Crippen LogP contribution in [0.1, 0.15) is 17.5 Å². The fourth-order valence-electron chi connectivity index (χ4n) is 3.53. The van der Waals surface area contributed by atoms with Crippen LogP contribution in [0.2, 0.25) is 10.0 Å². The maximum absolute atomic E-state index is 11.8. The summed E-state index contributed by atoms with van der Waals surface area (Å²) in [7, 11) is 0. The van der Waals surface area contributed by atoms with Gasteiger partial charge in [-0.1, -0.05) is 23.2 Å². The van der Waals surface area contributed by atoms with Gasteiger partial charge >= 0.3 is 11.1 Å². The number of H-pyrrole nitrogens is 2. The van der Waals surface area contributed by atoms with Crippen LogP contribution in [0.4, 0.5) is 0 Å². The Balaban J connectivity index is 0.00000256. The largest absolute Gasteiger partial charge is 0.379 e. The Kier molecular flexibility index (Phi) is 7.60. The first-order valence-electron chi connectivity index (χ1n) is 9.46. The van der Waals surface area contributed by atoms with Gasteiger partial charge in [-0.05, 0) is 31.0 Å². The molecule has 3 heterocycles. The zero-order valence-corrected chi connectivity index (χ0v) is 18.4. The molecule has 4 rings (SSSR count). The van der Waals surface area contributed by atoms with Gasteiger partial charge in [-0.2, -0.15) is 5.10 Å². The van der Waals surface area contributed by atoms with Crippen molar-refractivity contribution >= 4 is 46.6 Å². The Morgan fingerprint density at radius 3 is 2.63 bits per heavy atom. The molecule has 0 unspecified atom stereocenters. The van der Waals surface area contributed by atoms with Crippen molar-refractivity contribution < 1.29 is 4.74 Å². The Labute approximate surface area is 188 Å². The molecule has 1 saturated heterocycles. The number of hydrogen-bond acceptors (Lipinski definition) is 5. The molecule has 0 spiro atoms. The summed E-state index contributed by atoms with van der Waals surface area (Å²) in [5.74, 6) is 0. The molecule has 162 valence electrons. The number of nitrogens with one attached hydrogen (secondary N) is 2. The van der Waals surface area contributed by atoms with E-state index in [9.17, 15) is 9.59 Å². The molecule has 0 aliphatic carbocycles. The fraction of sp³-hybridized carbons (Fsp3) is 0.421. The average molecular weight is 475 g/mol. The first-order chi connectivity index (χ1) is 14.0. The molecule has 0 atom stereocenters. The molecule has 0 bridgehead atoms. The molecule has 0 saturated carbocycles. The lowest BCUT2D eigenvalue weighted by Gasteiger charge is -2.26. The lowest BCUT2D eigenvalue weighted by atomic mass is 10.1. The van der Waals surface area contributed by atoms with E-state index in [2.05, 4.69) is 20.0 Å². The number of fused-ring (bicyclic) bond motifs is 1. The number of aromatic amines is 2. The number of aromatic nitrogens is 4. The van der Waals surface area contributed by atoms with Gasteiger partial charge in [0.2, 0.25) is 0 Å². The average Bonchev–Trinajstić information content (AvgIpc) is 3.15. The topological polar surface area (TPSA) is 96.0 Å². The van der Waals surface area contributed by atoms with Gasteiger partial charge < -0.3 is 14.7 Å². The SMILES string of the molecule is Cl.O=c1[nH]c2cc(Cl)c(Cl)c(Cn3cc(CCCN4CCOCC4)cn3)c2[nH]c1=O. The van der Waals surface area contributed by atoms with Crippen LogP contribution in [-0.4, -0.2) is 57.5 Å². The van der Waals surface area contributed by atoms with Crippen molar-refractivity contribution in [2.75, 3.05) is 32.8 Å². The van der Waals surface area contributed by atoms with Crippen LogP contribution < -0.4 is 11.1 Å². The molecule has 8 nitrogen and oxygen atoms in total. The first-order valence-corrected chi connectivity index (χ1v) is 10.2. The van der Waals surface area contributed by atoms with E-state index >= 15 is 0 Å². The molecule has 3 aromatic rings. The van der Waals surface area contributed by atoms with Crippen molar-refractivity contribution in [1.29, 1.82) is 0 Å². The number of nitrogens with zero attached hydrogens (tertiary/aromatic N) is 3. The molecule has 11 heteroatoms. The van der Waals surface area contributed by atoms with Crippen LogP contribution in [0.25, 0.3) is 11.0 Å². The quantitative estimate of drug-likeness (QED) is 0.535. The predicted molar refractivity (Wildman–Crippen MR) is 119 cm³/mol. The van der Waals surface area contributed by atoms with E-state index in [0.717, 1.165) is 51.3 Å². The van der Waals surface area contributed by atoms with E-state index in [1.807, 2.05) is 12.4 Å². The van der Waals surface area contributed by atoms with Crippen molar-refractivity contribution in [1.82, 2.24) is 24.6 Å². The van der Waals surface area contributed by atoms with Crippen molar-refractivity contribution in [3.63, 3.8) is 0 Å². The van der Waals surface area contributed by atoms with Gasteiger partial charge in [-0.3, -0.25) is 19.2 Å².